The highest BCUT2D eigenvalue weighted by Crippen LogP contribution is 2.35. The van der Waals surface area contributed by atoms with Gasteiger partial charge in [0.1, 0.15) is 16.9 Å². The highest BCUT2D eigenvalue weighted by atomic mass is 32.1. The summed E-state index contributed by atoms with van der Waals surface area (Å²) in [6.45, 7) is 3.30. The van der Waals surface area contributed by atoms with Crippen molar-refractivity contribution in [3.05, 3.63) is 41.1 Å². The number of aromatic nitrogens is 3. The number of nitrogens with two attached hydrogens (primary N) is 1. The molecule has 2 aliphatic heterocycles. The fourth-order valence-corrected chi connectivity index (χ4v) is 4.85. The number of hydrogen-bond acceptors (Lipinski definition) is 8. The number of pyridine rings is 1. The Morgan fingerprint density at radius 2 is 2.00 bits per heavy atom. The number of piperidine rings is 1. The number of ether oxygens (including phenoxy) is 1. The maximum absolute atomic E-state index is 13.2. The molecule has 2 aromatic heterocycles. The molecule has 1 aromatic carbocycles. The lowest BCUT2D eigenvalue weighted by Gasteiger charge is -2.38. The monoisotopic (exact) mass is 438 g/mol. The fourth-order valence-electron chi connectivity index (χ4n) is 4.33. The van der Waals surface area contributed by atoms with Gasteiger partial charge in [-0.15, -0.1) is 0 Å². The molecule has 4 heterocycles. The molecule has 1 fully saturated rings. The zero-order chi connectivity index (χ0) is 21.5. The van der Waals surface area contributed by atoms with Gasteiger partial charge in [-0.25, -0.2) is 4.98 Å². The minimum absolute atomic E-state index is 0.181. The van der Waals surface area contributed by atoms with Gasteiger partial charge in [-0.2, -0.15) is 8.75 Å². The van der Waals surface area contributed by atoms with Crippen molar-refractivity contribution in [3.8, 4) is 0 Å². The van der Waals surface area contributed by atoms with Crippen LogP contribution >= 0.6 is 11.7 Å². The average Bonchev–Trinajstić information content (AvgIpc) is 3.44. The van der Waals surface area contributed by atoms with E-state index in [4.69, 9.17) is 10.5 Å². The van der Waals surface area contributed by atoms with Crippen LogP contribution in [0.4, 0.5) is 11.5 Å². The molecule has 2 atom stereocenters. The van der Waals surface area contributed by atoms with Gasteiger partial charge in [0.2, 0.25) is 0 Å². The van der Waals surface area contributed by atoms with Gasteiger partial charge >= 0.3 is 11.8 Å². The van der Waals surface area contributed by atoms with Crippen LogP contribution in [0.1, 0.15) is 42.5 Å². The van der Waals surface area contributed by atoms with E-state index in [0.717, 1.165) is 52.3 Å². The van der Waals surface area contributed by atoms with Gasteiger partial charge in [0.25, 0.3) is 0 Å². The summed E-state index contributed by atoms with van der Waals surface area (Å²) in [4.78, 5) is 31.9. The summed E-state index contributed by atoms with van der Waals surface area (Å²) in [7, 11) is 0. The molecular weight excluding hydrogens is 416 g/mol. The highest BCUT2D eigenvalue weighted by Gasteiger charge is 2.35. The number of benzene rings is 1. The molecule has 2 aliphatic rings. The normalized spacial score (nSPS) is 20.6. The minimum atomic E-state index is -0.684. The Balaban J connectivity index is 1.40. The summed E-state index contributed by atoms with van der Waals surface area (Å²) in [6.07, 6.45) is 3.25. The zero-order valence-corrected chi connectivity index (χ0v) is 17.8. The van der Waals surface area contributed by atoms with Crippen molar-refractivity contribution in [2.24, 2.45) is 5.92 Å². The van der Waals surface area contributed by atoms with E-state index in [0.29, 0.717) is 37.2 Å². The van der Waals surface area contributed by atoms with Crippen molar-refractivity contribution >= 4 is 46.1 Å². The first-order chi connectivity index (χ1) is 15.0. The molecule has 160 valence electrons. The van der Waals surface area contributed by atoms with Gasteiger partial charge in [0.15, 0.2) is 0 Å². The van der Waals surface area contributed by atoms with Crippen LogP contribution in [0.15, 0.2) is 24.4 Å². The van der Waals surface area contributed by atoms with Crippen LogP contribution in [0.5, 0.6) is 0 Å². The second kappa shape index (κ2) is 7.86. The van der Waals surface area contributed by atoms with Gasteiger partial charge in [0, 0.05) is 17.7 Å². The minimum Gasteiger partial charge on any atom is -0.383 e. The van der Waals surface area contributed by atoms with Crippen LogP contribution in [0.2, 0.25) is 0 Å². The van der Waals surface area contributed by atoms with E-state index in [-0.39, 0.29) is 6.04 Å². The van der Waals surface area contributed by atoms with Gasteiger partial charge in [-0.1, -0.05) is 13.0 Å². The first-order valence-corrected chi connectivity index (χ1v) is 10.9. The SMILES string of the molecule is CC1CCC(c2ccc3nsnc3c2)N(C(=O)C(=O)Nc2cnc(N)c3c2COC3)C1. The van der Waals surface area contributed by atoms with E-state index < -0.39 is 11.8 Å². The molecule has 0 aliphatic carbocycles. The molecule has 31 heavy (non-hydrogen) atoms. The maximum Gasteiger partial charge on any atom is 0.313 e. The molecule has 0 radical (unpaired) electrons. The Labute approximate surface area is 182 Å². The zero-order valence-electron chi connectivity index (χ0n) is 17.0. The smallest absolute Gasteiger partial charge is 0.313 e. The molecule has 10 heteroatoms. The van der Waals surface area contributed by atoms with Crippen molar-refractivity contribution in [1.29, 1.82) is 0 Å². The van der Waals surface area contributed by atoms with E-state index in [2.05, 4.69) is 26.0 Å². The lowest BCUT2D eigenvalue weighted by molar-refractivity contribution is -0.146. The molecule has 9 nitrogen and oxygen atoms in total. The first-order valence-electron chi connectivity index (χ1n) is 10.2. The van der Waals surface area contributed by atoms with Crippen molar-refractivity contribution in [3.63, 3.8) is 0 Å². The number of nitrogens with one attached hydrogen (secondary N) is 1. The average molecular weight is 439 g/mol. The van der Waals surface area contributed by atoms with Crippen molar-refractivity contribution in [2.75, 3.05) is 17.6 Å². The molecule has 2 amide bonds. The topological polar surface area (TPSA) is 123 Å². The number of fused-ring (bicyclic) bond motifs is 2. The maximum atomic E-state index is 13.2. The molecule has 0 saturated carbocycles. The van der Waals surface area contributed by atoms with Gasteiger partial charge in [-0.05, 0) is 36.5 Å². The van der Waals surface area contributed by atoms with Crippen LogP contribution in [0, 0.1) is 5.92 Å². The van der Waals surface area contributed by atoms with E-state index in [1.807, 2.05) is 18.2 Å². The largest absolute Gasteiger partial charge is 0.383 e. The van der Waals surface area contributed by atoms with Crippen LogP contribution in [0.3, 0.4) is 0 Å². The number of hydrogen-bond donors (Lipinski definition) is 2. The lowest BCUT2D eigenvalue weighted by atomic mass is 9.89. The fraction of sp³-hybridized carbons (Fsp3) is 0.381. The molecule has 3 N–H and O–H groups in total. The van der Waals surface area contributed by atoms with Gasteiger partial charge in [-0.3, -0.25) is 9.59 Å². The van der Waals surface area contributed by atoms with E-state index in [9.17, 15) is 9.59 Å². The Bertz CT molecular complexity index is 1180. The molecule has 1 saturated heterocycles. The number of nitrogens with zero attached hydrogens (tertiary/aromatic N) is 4. The van der Waals surface area contributed by atoms with E-state index in [1.54, 1.807) is 4.90 Å². The summed E-state index contributed by atoms with van der Waals surface area (Å²) < 4.78 is 14.0. The van der Waals surface area contributed by atoms with Gasteiger partial charge < -0.3 is 20.7 Å². The highest BCUT2D eigenvalue weighted by molar-refractivity contribution is 7.00. The summed E-state index contributed by atoms with van der Waals surface area (Å²) >= 11 is 1.16. The number of carbonyl (C=O) groups excluding carboxylic acids is 2. The summed E-state index contributed by atoms with van der Waals surface area (Å²) in [5.74, 6) is -0.545. The number of rotatable bonds is 2. The second-order valence-electron chi connectivity index (χ2n) is 8.13. The summed E-state index contributed by atoms with van der Waals surface area (Å²) in [6, 6.07) is 5.67. The van der Waals surface area contributed by atoms with E-state index in [1.165, 1.54) is 6.20 Å². The van der Waals surface area contributed by atoms with Crippen LogP contribution < -0.4 is 11.1 Å². The quantitative estimate of drug-likeness (QED) is 0.590. The number of carbonyl (C=O) groups is 2. The third-order valence-electron chi connectivity index (χ3n) is 6.01. The van der Waals surface area contributed by atoms with E-state index >= 15 is 0 Å². The first kappa shape index (κ1) is 19.8. The molecule has 0 bridgehead atoms. The predicted molar refractivity (Wildman–Crippen MR) is 116 cm³/mol. The third-order valence-corrected chi connectivity index (χ3v) is 6.56. The number of amides is 2. The second-order valence-corrected chi connectivity index (χ2v) is 8.66. The van der Waals surface area contributed by atoms with Crippen molar-refractivity contribution < 1.29 is 14.3 Å². The predicted octanol–water partition coefficient (Wildman–Crippen LogP) is 2.64. The van der Waals surface area contributed by atoms with Crippen LogP contribution in [0.25, 0.3) is 11.0 Å². The Morgan fingerprint density at radius 1 is 1.19 bits per heavy atom. The van der Waals surface area contributed by atoms with Crippen molar-refractivity contribution in [1.82, 2.24) is 18.6 Å². The number of anilines is 2. The summed E-state index contributed by atoms with van der Waals surface area (Å²) in [5, 5.41) is 2.73. The third kappa shape index (κ3) is 3.61. The molecule has 5 rings (SSSR count). The molecule has 2 unspecified atom stereocenters. The standard InChI is InChI=1S/C21H22N6O3S/c1-11-2-5-18(12-3-4-15-16(6-12)26-31-25-15)27(8-11)21(29)20(28)24-17-7-23-19(22)14-10-30-9-13(14)17/h3-4,6-7,11,18H,2,5,8-10H2,1H3,(H2,22,23)(H,24,28). The van der Waals surface area contributed by atoms with Crippen LogP contribution in [-0.4, -0.2) is 37.0 Å². The molecule has 3 aromatic rings. The Hall–Kier alpha value is -3.11. The van der Waals surface area contributed by atoms with Crippen molar-refractivity contribution in [2.45, 2.75) is 39.0 Å². The number of likely N-dealkylation sites (tertiary alicyclic amines) is 1. The Morgan fingerprint density at radius 3 is 2.87 bits per heavy atom. The lowest BCUT2D eigenvalue weighted by Crippen LogP contribution is -2.46. The summed E-state index contributed by atoms with van der Waals surface area (Å²) in [5.41, 5.74) is 10.5. The van der Waals surface area contributed by atoms with Crippen LogP contribution in [-0.2, 0) is 27.5 Å². The van der Waals surface area contributed by atoms with Gasteiger partial charge in [0.05, 0.1) is 42.9 Å². The Kier molecular flexibility index (Phi) is 5.03. The molecular formula is C21H22N6O3S. The molecule has 0 spiro atoms. The number of nitrogen functional groups attached to an aromatic ring is 1.